The number of hydrogen-bond acceptors (Lipinski definition) is 9. The van der Waals surface area contributed by atoms with Crippen molar-refractivity contribution in [3.8, 4) is 0 Å². The van der Waals surface area contributed by atoms with Crippen LogP contribution in [-0.2, 0) is 9.59 Å². The van der Waals surface area contributed by atoms with Crippen molar-refractivity contribution in [1.29, 1.82) is 0 Å². The summed E-state index contributed by atoms with van der Waals surface area (Å²) in [5, 5.41) is 33.2. The standard InChI is InChI=1S/C18H19N5O3.C10H11N3O.CH2O2/c1-19-14-8-12(17(24)25)9-15(10-14)23-18(26)22-13-4-2-11(3-5-13)16-20-6-7-21-16;14-7-13-9-3-1-8(2-4-9)10-11-5-6-12-10;2-1-3/h2-5,8-10,19H,6-7H2,1H3,(H,20,21)(H,24,25)(H2,22,23,26);1-4,7H,5-6H2,(H,11,12)(H,13,14);1H,(H,2,3). The van der Waals surface area contributed by atoms with E-state index in [1.165, 1.54) is 12.1 Å². The summed E-state index contributed by atoms with van der Waals surface area (Å²) >= 11 is 0. The molecule has 2 aliphatic heterocycles. The van der Waals surface area contributed by atoms with Crippen LogP contribution >= 0.6 is 0 Å². The fourth-order valence-corrected chi connectivity index (χ4v) is 3.95. The summed E-state index contributed by atoms with van der Waals surface area (Å²) in [6.07, 6.45) is 0.667. The van der Waals surface area contributed by atoms with E-state index in [4.69, 9.17) is 15.0 Å². The number of nitrogens with zero attached hydrogens (tertiary/aromatic N) is 2. The molecule has 2 heterocycles. The number of carbonyl (C=O) groups excluding carboxylic acids is 2. The first kappa shape index (κ1) is 31.6. The van der Waals surface area contributed by atoms with Crippen LogP contribution in [0.2, 0.25) is 0 Å². The number of urea groups is 1. The van der Waals surface area contributed by atoms with Gasteiger partial charge in [-0.1, -0.05) is 0 Å². The molecular formula is C29H32N8O6. The van der Waals surface area contributed by atoms with E-state index in [0.717, 1.165) is 54.7 Å². The topological polar surface area (TPSA) is 206 Å². The summed E-state index contributed by atoms with van der Waals surface area (Å²) in [7, 11) is 1.68. The lowest BCUT2D eigenvalue weighted by molar-refractivity contribution is -0.122. The Kier molecular flexibility index (Phi) is 12.0. The van der Waals surface area contributed by atoms with E-state index < -0.39 is 12.0 Å². The summed E-state index contributed by atoms with van der Waals surface area (Å²) in [5.41, 5.74) is 4.49. The quantitative estimate of drug-likeness (QED) is 0.182. The number of benzene rings is 3. The third-order valence-corrected chi connectivity index (χ3v) is 5.87. The summed E-state index contributed by atoms with van der Waals surface area (Å²) < 4.78 is 0. The van der Waals surface area contributed by atoms with E-state index in [9.17, 15) is 14.4 Å². The Balaban J connectivity index is 0.000000249. The molecule has 0 fully saturated rings. The number of aliphatic imine (C=N–C) groups is 2. The van der Waals surface area contributed by atoms with Gasteiger partial charge in [0.05, 0.1) is 18.7 Å². The highest BCUT2D eigenvalue weighted by molar-refractivity contribution is 6.03. The molecule has 0 bridgehead atoms. The highest BCUT2D eigenvalue weighted by Gasteiger charge is 2.11. The fraction of sp³-hybridized carbons (Fsp3) is 0.172. The molecule has 0 atom stereocenters. The number of nitrogens with one attached hydrogen (secondary N) is 6. The lowest BCUT2D eigenvalue weighted by Gasteiger charge is -2.11. The summed E-state index contributed by atoms with van der Waals surface area (Å²) in [4.78, 5) is 50.5. The van der Waals surface area contributed by atoms with Crippen LogP contribution in [0.4, 0.5) is 27.5 Å². The first-order valence-electron chi connectivity index (χ1n) is 13.1. The van der Waals surface area contributed by atoms with Crippen LogP contribution in [0.1, 0.15) is 21.5 Å². The highest BCUT2D eigenvalue weighted by Crippen LogP contribution is 2.20. The van der Waals surface area contributed by atoms with Crippen LogP contribution in [0, 0.1) is 0 Å². The normalized spacial score (nSPS) is 12.7. The monoisotopic (exact) mass is 588 g/mol. The fourth-order valence-electron chi connectivity index (χ4n) is 3.95. The zero-order chi connectivity index (χ0) is 31.0. The summed E-state index contributed by atoms with van der Waals surface area (Å²) in [6.45, 7) is 3.09. The molecule has 0 saturated carbocycles. The second kappa shape index (κ2) is 16.4. The highest BCUT2D eigenvalue weighted by atomic mass is 16.4. The molecular weight excluding hydrogens is 556 g/mol. The second-order valence-electron chi connectivity index (χ2n) is 8.77. The number of anilines is 4. The molecule has 3 aromatic rings. The lowest BCUT2D eigenvalue weighted by atomic mass is 10.1. The van der Waals surface area contributed by atoms with Crippen molar-refractivity contribution in [3.05, 3.63) is 83.4 Å². The number of hydrogen-bond donors (Lipinski definition) is 8. The Labute approximate surface area is 247 Å². The molecule has 3 amide bonds. The number of amides is 3. The van der Waals surface area contributed by atoms with Crippen molar-refractivity contribution in [3.63, 3.8) is 0 Å². The molecule has 0 saturated heterocycles. The van der Waals surface area contributed by atoms with Crippen LogP contribution in [0.3, 0.4) is 0 Å². The van der Waals surface area contributed by atoms with Gasteiger partial charge in [0, 0.05) is 54.0 Å². The zero-order valence-corrected chi connectivity index (χ0v) is 23.3. The molecule has 5 rings (SSSR count). The number of carboxylic acids is 1. The maximum absolute atomic E-state index is 12.2. The second-order valence-corrected chi connectivity index (χ2v) is 8.77. The average molecular weight is 589 g/mol. The lowest BCUT2D eigenvalue weighted by Crippen LogP contribution is -2.21. The molecule has 0 aliphatic carbocycles. The van der Waals surface area contributed by atoms with E-state index >= 15 is 0 Å². The Hall–Kier alpha value is -5.92. The van der Waals surface area contributed by atoms with Gasteiger partial charge < -0.3 is 42.1 Å². The van der Waals surface area contributed by atoms with Gasteiger partial charge in [0.2, 0.25) is 6.41 Å². The molecule has 224 valence electrons. The van der Waals surface area contributed by atoms with E-state index in [1.807, 2.05) is 36.4 Å². The number of carboxylic acid groups (broad SMARTS) is 2. The van der Waals surface area contributed by atoms with Gasteiger partial charge in [-0.3, -0.25) is 19.6 Å². The van der Waals surface area contributed by atoms with E-state index in [2.05, 4.69) is 41.9 Å². The molecule has 0 radical (unpaired) electrons. The molecule has 14 nitrogen and oxygen atoms in total. The first-order valence-corrected chi connectivity index (χ1v) is 13.1. The van der Waals surface area contributed by atoms with Crippen LogP contribution in [0.5, 0.6) is 0 Å². The van der Waals surface area contributed by atoms with Crippen molar-refractivity contribution in [2.45, 2.75) is 0 Å². The molecule has 0 spiro atoms. The van der Waals surface area contributed by atoms with Gasteiger partial charge >= 0.3 is 12.0 Å². The zero-order valence-electron chi connectivity index (χ0n) is 23.3. The SMILES string of the molecule is CNc1cc(NC(=O)Nc2ccc(C3=NCCN3)cc2)cc(C(=O)O)c1.O=CNc1ccc(C2=NCCN2)cc1.O=CO. The van der Waals surface area contributed by atoms with Crippen LogP contribution in [0.15, 0.2) is 76.7 Å². The first-order chi connectivity index (χ1) is 20.9. The van der Waals surface area contributed by atoms with E-state index in [-0.39, 0.29) is 12.0 Å². The van der Waals surface area contributed by atoms with Crippen molar-refractivity contribution in [2.75, 3.05) is 54.5 Å². The number of aromatic carboxylic acids is 1. The Bertz CT molecular complexity index is 1470. The third kappa shape index (κ3) is 9.89. The average Bonchev–Trinajstić information content (AvgIpc) is 3.74. The molecule has 8 N–H and O–H groups in total. The van der Waals surface area contributed by atoms with Crippen molar-refractivity contribution < 1.29 is 29.4 Å². The molecule has 43 heavy (non-hydrogen) atoms. The third-order valence-electron chi connectivity index (χ3n) is 5.87. The largest absolute Gasteiger partial charge is 0.483 e. The smallest absolute Gasteiger partial charge is 0.335 e. The maximum Gasteiger partial charge on any atom is 0.335 e. The molecule has 2 aliphatic rings. The minimum atomic E-state index is -1.07. The Morgan fingerprint density at radius 2 is 1.26 bits per heavy atom. The summed E-state index contributed by atoms with van der Waals surface area (Å²) in [5.74, 6) is 0.721. The number of carbonyl (C=O) groups is 4. The van der Waals surface area contributed by atoms with Crippen LogP contribution in [-0.4, -0.2) is 80.0 Å². The van der Waals surface area contributed by atoms with Crippen LogP contribution in [0.25, 0.3) is 0 Å². The number of rotatable bonds is 8. The van der Waals surface area contributed by atoms with Crippen molar-refractivity contribution in [2.24, 2.45) is 9.98 Å². The van der Waals surface area contributed by atoms with Crippen LogP contribution < -0.4 is 31.9 Å². The van der Waals surface area contributed by atoms with Gasteiger partial charge in [-0.15, -0.1) is 0 Å². The predicted octanol–water partition coefficient (Wildman–Crippen LogP) is 2.73. The van der Waals surface area contributed by atoms with Crippen molar-refractivity contribution in [1.82, 2.24) is 10.6 Å². The minimum Gasteiger partial charge on any atom is -0.483 e. The van der Waals surface area contributed by atoms with Gasteiger partial charge in [-0.05, 0) is 66.7 Å². The van der Waals surface area contributed by atoms with Gasteiger partial charge in [0.1, 0.15) is 11.7 Å². The Morgan fingerprint density at radius 3 is 1.70 bits per heavy atom. The number of amidine groups is 2. The van der Waals surface area contributed by atoms with Crippen molar-refractivity contribution >= 4 is 59.3 Å². The summed E-state index contributed by atoms with van der Waals surface area (Å²) in [6, 6.07) is 19.0. The maximum atomic E-state index is 12.2. The Morgan fingerprint density at radius 1 is 0.767 bits per heavy atom. The molecule has 0 unspecified atom stereocenters. The molecule has 14 heteroatoms. The predicted molar refractivity (Wildman–Crippen MR) is 166 cm³/mol. The van der Waals surface area contributed by atoms with Gasteiger partial charge in [-0.25, -0.2) is 9.59 Å². The molecule has 3 aromatic carbocycles. The van der Waals surface area contributed by atoms with Gasteiger partial charge in [0.15, 0.2) is 0 Å². The van der Waals surface area contributed by atoms with E-state index in [0.29, 0.717) is 23.5 Å². The van der Waals surface area contributed by atoms with Gasteiger partial charge in [0.25, 0.3) is 6.47 Å². The van der Waals surface area contributed by atoms with Gasteiger partial charge in [-0.2, -0.15) is 0 Å². The minimum absolute atomic E-state index is 0.0846. The van der Waals surface area contributed by atoms with E-state index in [1.54, 1.807) is 25.2 Å². The molecule has 0 aromatic heterocycles.